The van der Waals surface area contributed by atoms with E-state index in [1.807, 2.05) is 18.2 Å². The molecule has 5 nitrogen and oxygen atoms in total. The van der Waals surface area contributed by atoms with Gasteiger partial charge in [0.15, 0.2) is 4.34 Å². The molecule has 0 amide bonds. The average molecular weight is 277 g/mol. The van der Waals surface area contributed by atoms with Crippen LogP contribution in [0.25, 0.3) is 0 Å². The minimum absolute atomic E-state index is 0.411. The van der Waals surface area contributed by atoms with Crippen LogP contribution in [-0.2, 0) is 0 Å². The second-order valence-electron chi connectivity index (χ2n) is 3.37. The van der Waals surface area contributed by atoms with Crippen LogP contribution in [0, 0.1) is 11.3 Å². The van der Waals surface area contributed by atoms with Crippen molar-refractivity contribution >= 4 is 28.2 Å². The molecule has 0 bridgehead atoms. The average Bonchev–Trinajstić information content (AvgIpc) is 2.84. The van der Waals surface area contributed by atoms with Crippen LogP contribution >= 0.6 is 23.1 Å². The summed E-state index contributed by atoms with van der Waals surface area (Å²) in [6, 6.07) is 7.36. The second kappa shape index (κ2) is 6.33. The molecule has 0 aliphatic heterocycles. The summed E-state index contributed by atoms with van der Waals surface area (Å²) in [5, 5.41) is 21.6. The van der Waals surface area contributed by atoms with Gasteiger partial charge in [-0.15, -0.1) is 10.2 Å². The summed E-state index contributed by atoms with van der Waals surface area (Å²) >= 11 is 2.90. The van der Waals surface area contributed by atoms with Crippen LogP contribution in [0.15, 0.2) is 27.6 Å². The van der Waals surface area contributed by atoms with E-state index >= 15 is 0 Å². The molecule has 0 aromatic carbocycles. The Morgan fingerprint density at radius 2 is 2.33 bits per heavy atom. The molecule has 0 fully saturated rings. The van der Waals surface area contributed by atoms with E-state index in [0.717, 1.165) is 27.5 Å². The molecule has 2 aromatic rings. The molecule has 2 aromatic heterocycles. The zero-order chi connectivity index (χ0) is 12.8. The Morgan fingerprint density at radius 3 is 3.11 bits per heavy atom. The molecule has 0 unspecified atom stereocenters. The normalized spacial score (nSPS) is 10.0. The van der Waals surface area contributed by atoms with Crippen LogP contribution in [0.4, 0.5) is 5.13 Å². The number of hydrogen-bond donors (Lipinski definition) is 1. The summed E-state index contributed by atoms with van der Waals surface area (Å²) in [5.41, 5.74) is 0.411. The first kappa shape index (κ1) is 12.8. The number of anilines is 1. The number of nitrogens with one attached hydrogen (secondary N) is 1. The van der Waals surface area contributed by atoms with Crippen molar-refractivity contribution in [3.8, 4) is 6.07 Å². The highest BCUT2D eigenvalue weighted by molar-refractivity contribution is 8.01. The molecule has 1 N–H and O–H groups in total. The van der Waals surface area contributed by atoms with Crippen molar-refractivity contribution in [2.75, 3.05) is 11.9 Å². The van der Waals surface area contributed by atoms with E-state index in [1.165, 1.54) is 23.1 Å². The van der Waals surface area contributed by atoms with E-state index in [9.17, 15) is 0 Å². The second-order valence-corrected chi connectivity index (χ2v) is 5.62. The Hall–Kier alpha value is -1.65. The van der Waals surface area contributed by atoms with Crippen LogP contribution in [0.2, 0.25) is 0 Å². The summed E-state index contributed by atoms with van der Waals surface area (Å²) in [6.45, 7) is 2.99. The van der Waals surface area contributed by atoms with Crippen LogP contribution in [0.5, 0.6) is 0 Å². The van der Waals surface area contributed by atoms with Gasteiger partial charge in [0, 0.05) is 6.54 Å². The predicted octanol–water partition coefficient (Wildman–Crippen LogP) is 2.78. The Bertz CT molecular complexity index is 561. The van der Waals surface area contributed by atoms with Crippen molar-refractivity contribution in [3.63, 3.8) is 0 Å². The first-order valence-corrected chi connectivity index (χ1v) is 7.07. The van der Waals surface area contributed by atoms with Crippen molar-refractivity contribution in [2.45, 2.75) is 22.7 Å². The largest absolute Gasteiger partial charge is 0.360 e. The fourth-order valence-electron chi connectivity index (χ4n) is 1.18. The van der Waals surface area contributed by atoms with E-state index in [1.54, 1.807) is 6.07 Å². The number of rotatable bonds is 5. The van der Waals surface area contributed by atoms with Crippen LogP contribution in [0.1, 0.15) is 19.0 Å². The van der Waals surface area contributed by atoms with Gasteiger partial charge in [-0.1, -0.05) is 24.3 Å². The monoisotopic (exact) mass is 277 g/mol. The summed E-state index contributed by atoms with van der Waals surface area (Å²) in [6.07, 6.45) is 1.05. The molecule has 0 saturated heterocycles. The standard InChI is InChI=1S/C11H11N5S2/c1-2-6-13-10-15-16-11(18-10)17-9-5-3-4-8(7-12)14-9/h3-5H,2,6H2,1H3,(H,13,15). The molecule has 7 heteroatoms. The number of nitriles is 1. The van der Waals surface area contributed by atoms with Crippen molar-refractivity contribution in [2.24, 2.45) is 0 Å². The minimum Gasteiger partial charge on any atom is -0.360 e. The maximum absolute atomic E-state index is 8.77. The lowest BCUT2D eigenvalue weighted by Gasteiger charge is -1.96. The van der Waals surface area contributed by atoms with Crippen molar-refractivity contribution in [3.05, 3.63) is 23.9 Å². The summed E-state index contributed by atoms with van der Waals surface area (Å²) < 4.78 is 0.816. The lowest BCUT2D eigenvalue weighted by Crippen LogP contribution is -1.98. The van der Waals surface area contributed by atoms with Crippen molar-refractivity contribution in [1.29, 1.82) is 5.26 Å². The Morgan fingerprint density at radius 1 is 1.44 bits per heavy atom. The molecular formula is C11H11N5S2. The lowest BCUT2D eigenvalue weighted by molar-refractivity contribution is 0.950. The van der Waals surface area contributed by atoms with Gasteiger partial charge in [-0.2, -0.15) is 5.26 Å². The maximum Gasteiger partial charge on any atom is 0.206 e. The van der Waals surface area contributed by atoms with Gasteiger partial charge in [-0.25, -0.2) is 4.98 Å². The van der Waals surface area contributed by atoms with Gasteiger partial charge in [0.25, 0.3) is 0 Å². The van der Waals surface area contributed by atoms with Crippen LogP contribution < -0.4 is 5.32 Å². The highest BCUT2D eigenvalue weighted by Crippen LogP contribution is 2.30. The number of pyridine rings is 1. The molecule has 0 atom stereocenters. The zero-order valence-electron chi connectivity index (χ0n) is 9.75. The molecule has 0 saturated carbocycles. The molecule has 2 heterocycles. The first-order chi connectivity index (χ1) is 8.81. The fraction of sp³-hybridized carbons (Fsp3) is 0.273. The zero-order valence-corrected chi connectivity index (χ0v) is 11.4. The molecule has 0 spiro atoms. The fourth-order valence-corrected chi connectivity index (χ4v) is 2.89. The third kappa shape index (κ3) is 3.42. The lowest BCUT2D eigenvalue weighted by atomic mass is 10.4. The Kier molecular flexibility index (Phi) is 4.50. The van der Waals surface area contributed by atoms with Crippen LogP contribution in [0.3, 0.4) is 0 Å². The molecule has 0 radical (unpaired) electrons. The molecule has 0 aliphatic carbocycles. The quantitative estimate of drug-likeness (QED) is 0.905. The van der Waals surface area contributed by atoms with E-state index in [0.29, 0.717) is 5.69 Å². The van der Waals surface area contributed by atoms with E-state index in [-0.39, 0.29) is 0 Å². The SMILES string of the molecule is CCCNc1nnc(Sc2cccc(C#N)n2)s1. The smallest absolute Gasteiger partial charge is 0.206 e. The van der Waals surface area contributed by atoms with E-state index < -0.39 is 0 Å². The van der Waals surface area contributed by atoms with Gasteiger partial charge in [0.2, 0.25) is 5.13 Å². The predicted molar refractivity (Wildman–Crippen MR) is 71.8 cm³/mol. The topological polar surface area (TPSA) is 74.5 Å². The number of hydrogen-bond acceptors (Lipinski definition) is 7. The molecule has 2 rings (SSSR count). The number of nitrogens with zero attached hydrogens (tertiary/aromatic N) is 4. The molecular weight excluding hydrogens is 266 g/mol. The van der Waals surface area contributed by atoms with Gasteiger partial charge in [0.05, 0.1) is 0 Å². The maximum atomic E-state index is 8.77. The summed E-state index contributed by atoms with van der Waals surface area (Å²) in [4.78, 5) is 4.18. The van der Waals surface area contributed by atoms with Crippen LogP contribution in [-0.4, -0.2) is 21.7 Å². The molecule has 92 valence electrons. The van der Waals surface area contributed by atoms with Gasteiger partial charge in [-0.05, 0) is 30.3 Å². The third-order valence-electron chi connectivity index (χ3n) is 1.96. The van der Waals surface area contributed by atoms with Crippen molar-refractivity contribution < 1.29 is 0 Å². The van der Waals surface area contributed by atoms with E-state index in [4.69, 9.17) is 5.26 Å². The van der Waals surface area contributed by atoms with Gasteiger partial charge >= 0.3 is 0 Å². The van der Waals surface area contributed by atoms with Crippen molar-refractivity contribution in [1.82, 2.24) is 15.2 Å². The van der Waals surface area contributed by atoms with Gasteiger partial charge in [-0.3, -0.25) is 0 Å². The highest BCUT2D eigenvalue weighted by Gasteiger charge is 2.06. The third-order valence-corrected chi connectivity index (χ3v) is 3.83. The number of aromatic nitrogens is 3. The molecule has 0 aliphatic rings. The highest BCUT2D eigenvalue weighted by atomic mass is 32.2. The summed E-state index contributed by atoms with van der Waals surface area (Å²) in [7, 11) is 0. The molecule has 18 heavy (non-hydrogen) atoms. The van der Waals surface area contributed by atoms with E-state index in [2.05, 4.69) is 27.4 Å². The summed E-state index contributed by atoms with van der Waals surface area (Å²) in [5.74, 6) is 0. The Labute approximate surface area is 113 Å². The Balaban J connectivity index is 2.04. The van der Waals surface area contributed by atoms with Gasteiger partial charge in [0.1, 0.15) is 16.8 Å². The first-order valence-electron chi connectivity index (χ1n) is 5.44. The minimum atomic E-state index is 0.411. The van der Waals surface area contributed by atoms with Gasteiger partial charge < -0.3 is 5.32 Å².